The highest BCUT2D eigenvalue weighted by atomic mass is 19.4. The molecule has 0 aliphatic heterocycles. The second kappa shape index (κ2) is 6.04. The van der Waals surface area contributed by atoms with Crippen molar-refractivity contribution in [1.29, 1.82) is 0 Å². The molecule has 6 nitrogen and oxygen atoms in total. The quantitative estimate of drug-likeness (QED) is 0.742. The third kappa shape index (κ3) is 3.97. The smallest absolute Gasteiger partial charge is 0.475 e. The van der Waals surface area contributed by atoms with Crippen LogP contribution in [0.25, 0.3) is 11.0 Å². The maximum absolute atomic E-state index is 11.2. The van der Waals surface area contributed by atoms with Gasteiger partial charge in [-0.05, 0) is 18.2 Å². The Morgan fingerprint density at radius 1 is 1.35 bits per heavy atom. The molecular formula is C11H10F3N3O3. The summed E-state index contributed by atoms with van der Waals surface area (Å²) in [5.74, 6) is -2.84. The molecule has 0 saturated heterocycles. The predicted molar refractivity (Wildman–Crippen MR) is 63.2 cm³/mol. The molecule has 1 amide bonds. The number of imidazole rings is 1. The molecule has 3 N–H and O–H groups in total. The predicted octanol–water partition coefficient (Wildman–Crippen LogP) is 1.56. The Morgan fingerprint density at radius 2 is 1.95 bits per heavy atom. The lowest BCUT2D eigenvalue weighted by atomic mass is 10.2. The van der Waals surface area contributed by atoms with Gasteiger partial charge in [0, 0.05) is 12.6 Å². The number of nitrogens with one attached hydrogen (secondary N) is 2. The molecule has 0 saturated carbocycles. The lowest BCUT2D eigenvalue weighted by Crippen LogP contribution is -2.21. The van der Waals surface area contributed by atoms with Gasteiger partial charge in [0.2, 0.25) is 0 Å². The third-order valence-electron chi connectivity index (χ3n) is 2.15. The number of aliphatic carboxylic acids is 1. The van der Waals surface area contributed by atoms with Crippen molar-refractivity contribution in [2.45, 2.75) is 6.18 Å². The number of aromatic amines is 1. The highest BCUT2D eigenvalue weighted by Gasteiger charge is 2.38. The fraction of sp³-hybridized carbons (Fsp3) is 0.182. The molecule has 1 heterocycles. The second-order valence-corrected chi connectivity index (χ2v) is 3.52. The highest BCUT2D eigenvalue weighted by Crippen LogP contribution is 2.13. The van der Waals surface area contributed by atoms with E-state index in [4.69, 9.17) is 9.90 Å². The molecule has 0 unspecified atom stereocenters. The van der Waals surface area contributed by atoms with E-state index in [1.54, 1.807) is 25.5 Å². The number of fused-ring (bicyclic) bond motifs is 1. The van der Waals surface area contributed by atoms with Gasteiger partial charge in [0.05, 0.1) is 17.4 Å². The summed E-state index contributed by atoms with van der Waals surface area (Å²) in [7, 11) is 1.61. The topological polar surface area (TPSA) is 95.1 Å². The fourth-order valence-electron chi connectivity index (χ4n) is 1.22. The van der Waals surface area contributed by atoms with Crippen LogP contribution in [0, 0.1) is 0 Å². The van der Waals surface area contributed by atoms with Crippen molar-refractivity contribution in [1.82, 2.24) is 15.3 Å². The van der Waals surface area contributed by atoms with Crippen molar-refractivity contribution in [3.63, 3.8) is 0 Å². The number of hydrogen-bond acceptors (Lipinski definition) is 3. The van der Waals surface area contributed by atoms with Crippen LogP contribution < -0.4 is 5.32 Å². The van der Waals surface area contributed by atoms with Crippen LogP contribution in [0.1, 0.15) is 10.4 Å². The van der Waals surface area contributed by atoms with Gasteiger partial charge in [0.25, 0.3) is 5.91 Å². The van der Waals surface area contributed by atoms with E-state index in [0.29, 0.717) is 5.56 Å². The summed E-state index contributed by atoms with van der Waals surface area (Å²) < 4.78 is 31.7. The van der Waals surface area contributed by atoms with Gasteiger partial charge in [-0.1, -0.05) is 0 Å². The zero-order chi connectivity index (χ0) is 15.3. The number of carbonyl (C=O) groups is 2. The van der Waals surface area contributed by atoms with Crippen molar-refractivity contribution in [3.05, 3.63) is 30.1 Å². The molecule has 0 spiro atoms. The Labute approximate surface area is 110 Å². The summed E-state index contributed by atoms with van der Waals surface area (Å²) in [5.41, 5.74) is 2.38. The number of halogens is 3. The van der Waals surface area contributed by atoms with Crippen LogP contribution in [0.15, 0.2) is 24.5 Å². The lowest BCUT2D eigenvalue weighted by molar-refractivity contribution is -0.192. The Hall–Kier alpha value is -2.58. The van der Waals surface area contributed by atoms with Crippen LogP contribution in [0.4, 0.5) is 13.2 Å². The minimum absolute atomic E-state index is 0.0866. The van der Waals surface area contributed by atoms with Crippen LogP contribution >= 0.6 is 0 Å². The Kier molecular flexibility index (Phi) is 4.68. The summed E-state index contributed by atoms with van der Waals surface area (Å²) in [6, 6.07) is 5.35. The number of amides is 1. The average Bonchev–Trinajstić information content (AvgIpc) is 2.84. The summed E-state index contributed by atoms with van der Waals surface area (Å²) in [5, 5.41) is 9.69. The molecule has 108 valence electrons. The van der Waals surface area contributed by atoms with Crippen LogP contribution in [0.5, 0.6) is 0 Å². The number of alkyl halides is 3. The normalized spacial score (nSPS) is 10.6. The summed E-state index contributed by atoms with van der Waals surface area (Å²) in [6.45, 7) is 0. The van der Waals surface area contributed by atoms with E-state index < -0.39 is 12.1 Å². The minimum atomic E-state index is -5.08. The van der Waals surface area contributed by atoms with Gasteiger partial charge in [-0.15, -0.1) is 0 Å². The first-order valence-electron chi connectivity index (χ1n) is 5.21. The largest absolute Gasteiger partial charge is 0.490 e. The molecule has 0 bridgehead atoms. The first-order valence-corrected chi connectivity index (χ1v) is 5.21. The molecule has 1 aromatic heterocycles. The molecule has 2 aromatic rings. The van der Waals surface area contributed by atoms with E-state index in [9.17, 15) is 18.0 Å². The van der Waals surface area contributed by atoms with Crippen molar-refractivity contribution in [3.8, 4) is 0 Å². The van der Waals surface area contributed by atoms with Crippen LogP contribution in [-0.2, 0) is 4.79 Å². The van der Waals surface area contributed by atoms with Gasteiger partial charge in [-0.3, -0.25) is 4.79 Å². The molecule has 2 rings (SSSR count). The zero-order valence-electron chi connectivity index (χ0n) is 10.2. The first-order chi connectivity index (χ1) is 9.25. The third-order valence-corrected chi connectivity index (χ3v) is 2.15. The number of aromatic nitrogens is 2. The Bertz CT molecular complexity index is 622. The molecule has 9 heteroatoms. The minimum Gasteiger partial charge on any atom is -0.475 e. The van der Waals surface area contributed by atoms with Crippen LogP contribution in [0.2, 0.25) is 0 Å². The van der Waals surface area contributed by atoms with Gasteiger partial charge in [-0.25, -0.2) is 9.78 Å². The number of hydrogen-bond donors (Lipinski definition) is 3. The van der Waals surface area contributed by atoms with Crippen molar-refractivity contribution < 1.29 is 27.9 Å². The molecule has 1 aromatic carbocycles. The summed E-state index contributed by atoms with van der Waals surface area (Å²) in [4.78, 5) is 27.1. The average molecular weight is 289 g/mol. The molecule has 0 aliphatic rings. The van der Waals surface area contributed by atoms with E-state index in [0.717, 1.165) is 11.0 Å². The van der Waals surface area contributed by atoms with E-state index in [1.807, 2.05) is 6.07 Å². The van der Waals surface area contributed by atoms with E-state index in [-0.39, 0.29) is 5.91 Å². The molecule has 0 atom stereocenters. The Morgan fingerprint density at radius 3 is 2.45 bits per heavy atom. The van der Waals surface area contributed by atoms with Gasteiger partial charge >= 0.3 is 12.1 Å². The number of carbonyl (C=O) groups excluding carboxylic acids is 1. The molecule has 20 heavy (non-hydrogen) atoms. The molecule has 0 fully saturated rings. The maximum Gasteiger partial charge on any atom is 0.490 e. The number of carboxylic acid groups (broad SMARTS) is 1. The molecule has 0 radical (unpaired) electrons. The highest BCUT2D eigenvalue weighted by molar-refractivity contribution is 5.97. The fourth-order valence-corrected chi connectivity index (χ4v) is 1.22. The Balaban J connectivity index is 0.000000246. The molecule has 0 aliphatic carbocycles. The monoisotopic (exact) mass is 289 g/mol. The van der Waals surface area contributed by atoms with Crippen LogP contribution in [-0.4, -0.2) is 40.2 Å². The summed E-state index contributed by atoms with van der Waals surface area (Å²) >= 11 is 0. The van der Waals surface area contributed by atoms with Crippen molar-refractivity contribution in [2.24, 2.45) is 0 Å². The lowest BCUT2D eigenvalue weighted by Gasteiger charge is -1.98. The van der Waals surface area contributed by atoms with Crippen molar-refractivity contribution >= 4 is 22.9 Å². The standard InChI is InChI=1S/C9H9N3O.C2HF3O2/c1-10-9(13)6-2-3-7-8(4-6)12-5-11-7;3-2(4,5)1(6)7/h2-5H,1H3,(H,10,13)(H,11,12);(H,6,7). The number of benzene rings is 1. The van der Waals surface area contributed by atoms with Gasteiger partial charge in [0.15, 0.2) is 0 Å². The van der Waals surface area contributed by atoms with E-state index in [2.05, 4.69) is 15.3 Å². The van der Waals surface area contributed by atoms with Crippen molar-refractivity contribution in [2.75, 3.05) is 7.05 Å². The second-order valence-electron chi connectivity index (χ2n) is 3.52. The number of rotatable bonds is 1. The SMILES string of the molecule is CNC(=O)c1ccc2nc[nH]c2c1.O=C(O)C(F)(F)F. The van der Waals surface area contributed by atoms with Crippen LogP contribution in [0.3, 0.4) is 0 Å². The zero-order valence-corrected chi connectivity index (χ0v) is 10.2. The number of carboxylic acids is 1. The first kappa shape index (κ1) is 15.5. The van der Waals surface area contributed by atoms with E-state index in [1.165, 1.54) is 0 Å². The van der Waals surface area contributed by atoms with E-state index >= 15 is 0 Å². The van der Waals surface area contributed by atoms with Gasteiger partial charge in [0.1, 0.15) is 0 Å². The summed E-state index contributed by atoms with van der Waals surface area (Å²) in [6.07, 6.45) is -3.47. The number of nitrogens with zero attached hydrogens (tertiary/aromatic N) is 1. The maximum atomic E-state index is 11.2. The molecular weight excluding hydrogens is 279 g/mol. The van der Waals surface area contributed by atoms with Gasteiger partial charge in [-0.2, -0.15) is 13.2 Å². The number of H-pyrrole nitrogens is 1. The van der Waals surface area contributed by atoms with Gasteiger partial charge < -0.3 is 15.4 Å².